The number of aromatic hydroxyl groups is 1. The molecular weight excluding hydrogens is 216 g/mol. The number of nitrogens with two attached hydrogens (primary N) is 1. The zero-order valence-electron chi connectivity index (χ0n) is 10.3. The summed E-state index contributed by atoms with van der Waals surface area (Å²) in [5.41, 5.74) is 6.62. The maximum absolute atomic E-state index is 11.6. The van der Waals surface area contributed by atoms with Crippen LogP contribution in [0, 0.1) is 5.92 Å². The maximum atomic E-state index is 11.6. The van der Waals surface area contributed by atoms with E-state index in [-0.39, 0.29) is 24.1 Å². The number of hydrogen-bond donors (Lipinski definition) is 3. The quantitative estimate of drug-likeness (QED) is 0.715. The van der Waals surface area contributed by atoms with E-state index in [0.717, 1.165) is 5.56 Å². The Morgan fingerprint density at radius 2 is 2.18 bits per heavy atom. The molecule has 94 valence electrons. The zero-order chi connectivity index (χ0) is 12.8. The van der Waals surface area contributed by atoms with E-state index in [1.54, 1.807) is 18.2 Å². The van der Waals surface area contributed by atoms with Gasteiger partial charge in [0.25, 0.3) is 0 Å². The standard InChI is InChI=1S/C13H20N2O2/c1-9(2)12(14)8-15-13(17)7-10-4-3-5-11(16)6-10/h3-6,9,12,16H,7-8,14H2,1-2H3,(H,15,17). The molecule has 0 aromatic heterocycles. The van der Waals surface area contributed by atoms with Crippen LogP contribution in [-0.2, 0) is 11.2 Å². The second kappa shape index (κ2) is 6.25. The Kier molecular flexibility index (Phi) is 4.97. The van der Waals surface area contributed by atoms with E-state index in [2.05, 4.69) is 5.32 Å². The van der Waals surface area contributed by atoms with Crippen molar-refractivity contribution in [2.45, 2.75) is 26.3 Å². The molecule has 0 bridgehead atoms. The highest BCUT2D eigenvalue weighted by molar-refractivity contribution is 5.78. The molecule has 0 saturated heterocycles. The summed E-state index contributed by atoms with van der Waals surface area (Å²) in [4.78, 5) is 11.6. The largest absolute Gasteiger partial charge is 0.508 e. The third-order valence-corrected chi connectivity index (χ3v) is 2.67. The highest BCUT2D eigenvalue weighted by Gasteiger charge is 2.09. The number of rotatable bonds is 5. The monoisotopic (exact) mass is 236 g/mol. The first kappa shape index (κ1) is 13.5. The van der Waals surface area contributed by atoms with Crippen LogP contribution in [0.25, 0.3) is 0 Å². The number of hydrogen-bond acceptors (Lipinski definition) is 3. The van der Waals surface area contributed by atoms with Crippen LogP contribution >= 0.6 is 0 Å². The van der Waals surface area contributed by atoms with Gasteiger partial charge in [-0.05, 0) is 23.6 Å². The minimum Gasteiger partial charge on any atom is -0.508 e. The Morgan fingerprint density at radius 3 is 2.76 bits per heavy atom. The lowest BCUT2D eigenvalue weighted by molar-refractivity contribution is -0.120. The van der Waals surface area contributed by atoms with Gasteiger partial charge >= 0.3 is 0 Å². The number of phenolic OH excluding ortho intramolecular Hbond substituents is 1. The summed E-state index contributed by atoms with van der Waals surface area (Å²) in [5, 5.41) is 12.1. The highest BCUT2D eigenvalue weighted by atomic mass is 16.3. The lowest BCUT2D eigenvalue weighted by Gasteiger charge is -2.16. The summed E-state index contributed by atoms with van der Waals surface area (Å²) >= 11 is 0. The van der Waals surface area contributed by atoms with Crippen molar-refractivity contribution >= 4 is 5.91 Å². The summed E-state index contributed by atoms with van der Waals surface area (Å²) in [6.07, 6.45) is 0.263. The van der Waals surface area contributed by atoms with E-state index in [1.807, 2.05) is 19.9 Å². The number of nitrogens with one attached hydrogen (secondary N) is 1. The van der Waals surface area contributed by atoms with E-state index in [9.17, 15) is 9.90 Å². The first-order valence-electron chi connectivity index (χ1n) is 5.79. The second-order valence-electron chi connectivity index (χ2n) is 4.56. The number of phenols is 1. The van der Waals surface area contributed by atoms with E-state index in [1.165, 1.54) is 0 Å². The maximum Gasteiger partial charge on any atom is 0.224 e. The molecule has 1 aromatic carbocycles. The van der Waals surface area contributed by atoms with Crippen molar-refractivity contribution in [2.75, 3.05) is 6.54 Å². The van der Waals surface area contributed by atoms with E-state index in [4.69, 9.17) is 5.73 Å². The molecule has 0 saturated carbocycles. The van der Waals surface area contributed by atoms with Crippen LogP contribution in [-0.4, -0.2) is 23.6 Å². The van der Waals surface area contributed by atoms with Crippen LogP contribution < -0.4 is 11.1 Å². The average Bonchev–Trinajstić information content (AvgIpc) is 2.25. The minimum atomic E-state index is -0.0771. The minimum absolute atomic E-state index is 0.0249. The van der Waals surface area contributed by atoms with Crippen molar-refractivity contribution in [1.82, 2.24) is 5.32 Å². The Balaban J connectivity index is 2.40. The molecule has 0 aliphatic carbocycles. The Morgan fingerprint density at radius 1 is 1.47 bits per heavy atom. The van der Waals surface area contributed by atoms with Gasteiger partial charge in [-0.1, -0.05) is 26.0 Å². The van der Waals surface area contributed by atoms with Crippen molar-refractivity contribution in [2.24, 2.45) is 11.7 Å². The van der Waals surface area contributed by atoms with Crippen molar-refractivity contribution in [3.05, 3.63) is 29.8 Å². The molecule has 4 N–H and O–H groups in total. The number of carbonyl (C=O) groups is 1. The van der Waals surface area contributed by atoms with Crippen LogP contribution in [0.1, 0.15) is 19.4 Å². The van der Waals surface area contributed by atoms with Crippen LogP contribution in [0.5, 0.6) is 5.75 Å². The first-order valence-corrected chi connectivity index (χ1v) is 5.79. The van der Waals surface area contributed by atoms with Crippen molar-refractivity contribution in [3.8, 4) is 5.75 Å². The number of benzene rings is 1. The fourth-order valence-corrected chi connectivity index (χ4v) is 1.38. The van der Waals surface area contributed by atoms with Gasteiger partial charge in [-0.2, -0.15) is 0 Å². The Labute approximate surface area is 102 Å². The Bertz CT molecular complexity index is 377. The molecule has 1 aromatic rings. The number of carbonyl (C=O) groups excluding carboxylic acids is 1. The molecule has 1 amide bonds. The third kappa shape index (κ3) is 4.87. The summed E-state index contributed by atoms with van der Waals surface area (Å²) in [6.45, 7) is 4.52. The molecule has 0 radical (unpaired) electrons. The predicted octanol–water partition coefficient (Wildman–Crippen LogP) is 1.03. The fourth-order valence-electron chi connectivity index (χ4n) is 1.38. The van der Waals surface area contributed by atoms with Gasteiger partial charge in [-0.15, -0.1) is 0 Å². The van der Waals surface area contributed by atoms with E-state index in [0.29, 0.717) is 12.5 Å². The van der Waals surface area contributed by atoms with Crippen LogP contribution in [0.15, 0.2) is 24.3 Å². The van der Waals surface area contributed by atoms with Gasteiger partial charge in [-0.25, -0.2) is 0 Å². The van der Waals surface area contributed by atoms with Gasteiger partial charge < -0.3 is 16.2 Å². The molecule has 0 heterocycles. The van der Waals surface area contributed by atoms with Crippen LogP contribution in [0.4, 0.5) is 0 Å². The lowest BCUT2D eigenvalue weighted by atomic mass is 10.1. The molecule has 0 aliphatic heterocycles. The van der Waals surface area contributed by atoms with Crippen molar-refractivity contribution < 1.29 is 9.90 Å². The van der Waals surface area contributed by atoms with E-state index >= 15 is 0 Å². The van der Waals surface area contributed by atoms with Gasteiger partial charge in [0.2, 0.25) is 5.91 Å². The van der Waals surface area contributed by atoms with Crippen molar-refractivity contribution in [3.63, 3.8) is 0 Å². The summed E-state index contributed by atoms with van der Waals surface area (Å²) in [5.74, 6) is 0.442. The first-order chi connectivity index (χ1) is 7.99. The normalized spacial score (nSPS) is 12.5. The predicted molar refractivity (Wildman–Crippen MR) is 67.6 cm³/mol. The van der Waals surface area contributed by atoms with Crippen molar-refractivity contribution in [1.29, 1.82) is 0 Å². The summed E-state index contributed by atoms with van der Waals surface area (Å²) in [7, 11) is 0. The highest BCUT2D eigenvalue weighted by Crippen LogP contribution is 2.11. The van der Waals surface area contributed by atoms with Crippen LogP contribution in [0.2, 0.25) is 0 Å². The Hall–Kier alpha value is -1.55. The molecular formula is C13H20N2O2. The lowest BCUT2D eigenvalue weighted by Crippen LogP contribution is -2.40. The third-order valence-electron chi connectivity index (χ3n) is 2.67. The summed E-state index contributed by atoms with van der Waals surface area (Å²) in [6, 6.07) is 6.67. The fraction of sp³-hybridized carbons (Fsp3) is 0.462. The molecule has 4 heteroatoms. The van der Waals surface area contributed by atoms with Gasteiger partial charge in [0.05, 0.1) is 6.42 Å². The molecule has 0 aliphatic rings. The molecule has 4 nitrogen and oxygen atoms in total. The molecule has 1 atom stereocenters. The van der Waals surface area contributed by atoms with Gasteiger partial charge in [0, 0.05) is 12.6 Å². The van der Waals surface area contributed by atoms with Gasteiger partial charge in [0.1, 0.15) is 5.75 Å². The summed E-state index contributed by atoms with van der Waals surface area (Å²) < 4.78 is 0. The molecule has 0 spiro atoms. The van der Waals surface area contributed by atoms with Gasteiger partial charge in [-0.3, -0.25) is 4.79 Å². The molecule has 1 unspecified atom stereocenters. The van der Waals surface area contributed by atoms with E-state index < -0.39 is 0 Å². The molecule has 1 rings (SSSR count). The SMILES string of the molecule is CC(C)C(N)CNC(=O)Cc1cccc(O)c1. The average molecular weight is 236 g/mol. The van der Waals surface area contributed by atoms with Gasteiger partial charge in [0.15, 0.2) is 0 Å². The topological polar surface area (TPSA) is 75.3 Å². The number of amides is 1. The zero-order valence-corrected chi connectivity index (χ0v) is 10.3. The molecule has 17 heavy (non-hydrogen) atoms. The molecule has 0 fully saturated rings. The van der Waals surface area contributed by atoms with Crippen LogP contribution in [0.3, 0.4) is 0 Å². The smallest absolute Gasteiger partial charge is 0.224 e. The second-order valence-corrected chi connectivity index (χ2v) is 4.56.